The van der Waals surface area contributed by atoms with Gasteiger partial charge in [-0.25, -0.2) is 4.98 Å². The first-order valence-electron chi connectivity index (χ1n) is 14.8. The smallest absolute Gasteiger partial charge is 0.237 e. The van der Waals surface area contributed by atoms with E-state index in [0.29, 0.717) is 31.6 Å². The number of carbonyl (C=O) groups excluding carboxylic acids is 1. The summed E-state index contributed by atoms with van der Waals surface area (Å²) in [6.07, 6.45) is 15.3. The molecule has 0 bridgehead atoms. The Bertz CT molecular complexity index is 1390. The zero-order valence-corrected chi connectivity index (χ0v) is 25.6. The zero-order chi connectivity index (χ0) is 30.2. The van der Waals surface area contributed by atoms with Crippen LogP contribution in [0, 0.1) is 11.3 Å². The van der Waals surface area contributed by atoms with Gasteiger partial charge in [0.1, 0.15) is 0 Å². The fourth-order valence-corrected chi connectivity index (χ4v) is 4.60. The number of aromatic nitrogens is 2. The first kappa shape index (κ1) is 32.3. The van der Waals surface area contributed by atoms with Crippen molar-refractivity contribution in [2.45, 2.75) is 85.5 Å². The van der Waals surface area contributed by atoms with Gasteiger partial charge in [0.15, 0.2) is 0 Å². The minimum absolute atomic E-state index is 0.0175. The lowest BCUT2D eigenvalue weighted by Gasteiger charge is -2.18. The second-order valence-corrected chi connectivity index (χ2v) is 11.2. The molecule has 220 valence electrons. The number of nitrogens with zero attached hydrogens (tertiary/aromatic N) is 3. The summed E-state index contributed by atoms with van der Waals surface area (Å²) in [5.41, 5.74) is 7.89. The molecule has 6 nitrogen and oxygen atoms in total. The van der Waals surface area contributed by atoms with E-state index < -0.39 is 0 Å². The molecule has 0 fully saturated rings. The first-order valence-corrected chi connectivity index (χ1v) is 14.8. The summed E-state index contributed by atoms with van der Waals surface area (Å²) in [6, 6.07) is 19.3. The van der Waals surface area contributed by atoms with Gasteiger partial charge in [0.2, 0.25) is 5.91 Å². The largest absolute Gasteiger partial charge is 0.351 e. The number of amides is 1. The van der Waals surface area contributed by atoms with Crippen LogP contribution in [0.1, 0.15) is 82.2 Å². The molecule has 1 atom stereocenters. The highest BCUT2D eigenvalue weighted by Gasteiger charge is 2.18. The quantitative estimate of drug-likeness (QED) is 0.178. The minimum atomic E-state index is -0.372. The molecular formula is C36H45N5O. The molecule has 0 aliphatic carbocycles. The van der Waals surface area contributed by atoms with E-state index in [2.05, 4.69) is 72.2 Å². The summed E-state index contributed by atoms with van der Waals surface area (Å²) in [6.45, 7) is 10.3. The lowest BCUT2D eigenvalue weighted by molar-refractivity contribution is -0.123. The van der Waals surface area contributed by atoms with Gasteiger partial charge in [-0.2, -0.15) is 5.26 Å². The van der Waals surface area contributed by atoms with Gasteiger partial charge in [-0.1, -0.05) is 77.4 Å². The summed E-state index contributed by atoms with van der Waals surface area (Å²) < 4.78 is 2.07. The summed E-state index contributed by atoms with van der Waals surface area (Å²) in [5.74, 6) is -0.0175. The number of nitriles is 1. The fraction of sp³-hybridized carbons (Fsp3) is 0.361. The van der Waals surface area contributed by atoms with E-state index in [0.717, 1.165) is 42.5 Å². The molecule has 1 amide bonds. The summed E-state index contributed by atoms with van der Waals surface area (Å²) >= 11 is 0. The van der Waals surface area contributed by atoms with E-state index in [9.17, 15) is 4.79 Å². The van der Waals surface area contributed by atoms with Crippen LogP contribution in [0.4, 0.5) is 0 Å². The minimum Gasteiger partial charge on any atom is -0.351 e. The van der Waals surface area contributed by atoms with Crippen molar-refractivity contribution in [3.63, 3.8) is 0 Å². The normalized spacial score (nSPS) is 12.5. The maximum Gasteiger partial charge on any atom is 0.237 e. The second-order valence-electron chi connectivity index (χ2n) is 11.2. The SMILES string of the molecule is CC(C)=CCC/C(C)=C/CC/C(C)=C/CC(NCc1cncn1Cc1ccc(C#N)cc1)C(=O)NCc1ccccc1. The predicted molar refractivity (Wildman–Crippen MR) is 171 cm³/mol. The van der Waals surface area contributed by atoms with Crippen molar-refractivity contribution in [2.24, 2.45) is 0 Å². The first-order chi connectivity index (χ1) is 20.3. The van der Waals surface area contributed by atoms with Crippen molar-refractivity contribution in [1.82, 2.24) is 20.2 Å². The Morgan fingerprint density at radius 3 is 2.29 bits per heavy atom. The van der Waals surface area contributed by atoms with Crippen molar-refractivity contribution >= 4 is 5.91 Å². The Morgan fingerprint density at radius 1 is 0.905 bits per heavy atom. The van der Waals surface area contributed by atoms with Gasteiger partial charge in [0.25, 0.3) is 0 Å². The Kier molecular flexibility index (Phi) is 13.5. The van der Waals surface area contributed by atoms with Crippen molar-refractivity contribution in [3.8, 4) is 6.07 Å². The molecular weight excluding hydrogens is 518 g/mol. The van der Waals surface area contributed by atoms with Crippen LogP contribution in [0.15, 0.2) is 102 Å². The van der Waals surface area contributed by atoms with Crippen LogP contribution < -0.4 is 10.6 Å². The third-order valence-corrected chi connectivity index (χ3v) is 7.21. The summed E-state index contributed by atoms with van der Waals surface area (Å²) in [7, 11) is 0. The van der Waals surface area contributed by atoms with Crippen LogP contribution in [0.25, 0.3) is 0 Å². The van der Waals surface area contributed by atoms with Gasteiger partial charge >= 0.3 is 0 Å². The number of imidazole rings is 1. The van der Waals surface area contributed by atoms with Crippen molar-refractivity contribution in [2.75, 3.05) is 0 Å². The number of nitrogens with one attached hydrogen (secondary N) is 2. The third-order valence-electron chi connectivity index (χ3n) is 7.21. The molecule has 0 saturated carbocycles. The van der Waals surface area contributed by atoms with Crippen LogP contribution in [0.3, 0.4) is 0 Å². The molecule has 1 aromatic heterocycles. The molecule has 1 unspecified atom stereocenters. The molecule has 6 heteroatoms. The molecule has 3 rings (SSSR count). The number of carbonyl (C=O) groups is 1. The van der Waals surface area contributed by atoms with Crippen LogP contribution in [-0.2, 0) is 24.4 Å². The third kappa shape index (κ3) is 11.7. The summed E-state index contributed by atoms with van der Waals surface area (Å²) in [5, 5.41) is 15.7. The van der Waals surface area contributed by atoms with Gasteiger partial charge in [0.05, 0.1) is 29.7 Å². The van der Waals surface area contributed by atoms with Gasteiger partial charge in [-0.3, -0.25) is 10.1 Å². The number of allylic oxidation sites excluding steroid dienone is 5. The lowest BCUT2D eigenvalue weighted by atomic mass is 10.0. The van der Waals surface area contributed by atoms with Gasteiger partial charge in [-0.15, -0.1) is 0 Å². The van der Waals surface area contributed by atoms with E-state index in [1.165, 1.54) is 16.7 Å². The van der Waals surface area contributed by atoms with Crippen molar-refractivity contribution < 1.29 is 4.79 Å². The molecule has 3 aromatic rings. The standard InChI is InChI=1S/C36H45N5O/c1-28(2)10-8-11-29(3)12-9-13-30(4)16-21-35(36(42)40-23-32-14-6-5-7-15-32)39-25-34-24-38-27-41(34)26-33-19-17-31(22-37)18-20-33/h5-7,10,12,14-20,24,27,35,39H,8-9,11,13,21,23,25-26H2,1-4H3,(H,40,42)/b29-12+,30-16+. The maximum atomic E-state index is 13.3. The molecule has 0 saturated heterocycles. The molecule has 0 spiro atoms. The van der Waals surface area contributed by atoms with E-state index >= 15 is 0 Å². The molecule has 2 aromatic carbocycles. The van der Waals surface area contributed by atoms with Crippen LogP contribution in [0.2, 0.25) is 0 Å². The van der Waals surface area contributed by atoms with E-state index in [1.807, 2.05) is 60.8 Å². The molecule has 2 N–H and O–H groups in total. The van der Waals surface area contributed by atoms with Crippen molar-refractivity contribution in [3.05, 3.63) is 124 Å². The van der Waals surface area contributed by atoms with Gasteiger partial charge in [0, 0.05) is 25.8 Å². The Labute approximate surface area is 251 Å². The Morgan fingerprint density at radius 2 is 1.60 bits per heavy atom. The number of benzene rings is 2. The zero-order valence-electron chi connectivity index (χ0n) is 25.6. The summed E-state index contributed by atoms with van der Waals surface area (Å²) in [4.78, 5) is 17.7. The van der Waals surface area contributed by atoms with Gasteiger partial charge in [-0.05, 0) is 83.1 Å². The van der Waals surface area contributed by atoms with E-state index in [1.54, 1.807) is 6.33 Å². The monoisotopic (exact) mass is 563 g/mol. The van der Waals surface area contributed by atoms with E-state index in [-0.39, 0.29) is 11.9 Å². The maximum absolute atomic E-state index is 13.3. The van der Waals surface area contributed by atoms with Gasteiger partial charge < -0.3 is 9.88 Å². The topological polar surface area (TPSA) is 82.7 Å². The van der Waals surface area contributed by atoms with Crippen molar-refractivity contribution in [1.29, 1.82) is 5.26 Å². The molecule has 42 heavy (non-hydrogen) atoms. The molecule has 1 heterocycles. The van der Waals surface area contributed by atoms with Crippen LogP contribution in [0.5, 0.6) is 0 Å². The Hall–Kier alpha value is -4.21. The number of rotatable bonds is 16. The number of hydrogen-bond donors (Lipinski definition) is 2. The highest BCUT2D eigenvalue weighted by atomic mass is 16.2. The van der Waals surface area contributed by atoms with Crippen LogP contribution in [-0.4, -0.2) is 21.5 Å². The average Bonchev–Trinajstić information content (AvgIpc) is 3.43. The fourth-order valence-electron chi connectivity index (χ4n) is 4.60. The molecule has 0 aliphatic rings. The predicted octanol–water partition coefficient (Wildman–Crippen LogP) is 7.39. The average molecular weight is 564 g/mol. The van der Waals surface area contributed by atoms with Crippen LogP contribution >= 0.6 is 0 Å². The lowest BCUT2D eigenvalue weighted by Crippen LogP contribution is -2.43. The highest BCUT2D eigenvalue weighted by Crippen LogP contribution is 2.13. The highest BCUT2D eigenvalue weighted by molar-refractivity contribution is 5.81. The number of hydrogen-bond acceptors (Lipinski definition) is 4. The Balaban J connectivity index is 1.61. The molecule has 0 aliphatic heterocycles. The molecule has 0 radical (unpaired) electrons. The second kappa shape index (κ2) is 17.6. The van der Waals surface area contributed by atoms with E-state index in [4.69, 9.17) is 5.26 Å².